The van der Waals surface area contributed by atoms with Crippen LogP contribution in [0.3, 0.4) is 0 Å². The van der Waals surface area contributed by atoms with Gasteiger partial charge in [-0.25, -0.2) is 0 Å². The van der Waals surface area contributed by atoms with E-state index in [0.717, 1.165) is 0 Å². The maximum atomic E-state index is 12.0. The lowest BCUT2D eigenvalue weighted by Crippen LogP contribution is -2.32. The van der Waals surface area contributed by atoms with E-state index in [-0.39, 0.29) is 0 Å². The van der Waals surface area contributed by atoms with E-state index < -0.39 is 11.9 Å². The quantitative estimate of drug-likeness (QED) is 0.841. The van der Waals surface area contributed by atoms with Crippen molar-refractivity contribution < 1.29 is 14.3 Å². The molecule has 9 heteroatoms. The Kier molecular flexibility index (Phi) is 3.61. The van der Waals surface area contributed by atoms with Crippen molar-refractivity contribution in [3.05, 3.63) is 35.0 Å². The Morgan fingerprint density at radius 1 is 1.35 bits per heavy atom. The molecule has 0 saturated heterocycles. The van der Waals surface area contributed by atoms with Crippen LogP contribution in [0, 0.1) is 0 Å². The third kappa shape index (κ3) is 2.35. The summed E-state index contributed by atoms with van der Waals surface area (Å²) in [6.45, 7) is 1.75. The van der Waals surface area contributed by atoms with Crippen LogP contribution in [0.5, 0.6) is 11.5 Å². The van der Waals surface area contributed by atoms with Gasteiger partial charge < -0.3 is 20.5 Å². The van der Waals surface area contributed by atoms with Crippen molar-refractivity contribution in [3.8, 4) is 11.5 Å². The van der Waals surface area contributed by atoms with Gasteiger partial charge >= 0.3 is 0 Å². The zero-order chi connectivity index (χ0) is 16.6. The molecule has 1 aliphatic heterocycles. The number of allylic oxidation sites excluding steroid dienone is 1. The van der Waals surface area contributed by atoms with Crippen molar-refractivity contribution in [1.29, 1.82) is 0 Å². The molecular formula is C14H16N6O3. The molecule has 0 saturated carbocycles. The molecule has 0 bridgehead atoms. The molecule has 0 aliphatic carbocycles. The Labute approximate surface area is 132 Å². The van der Waals surface area contributed by atoms with Gasteiger partial charge in [-0.15, -0.1) is 0 Å². The van der Waals surface area contributed by atoms with E-state index in [4.69, 9.17) is 15.2 Å². The predicted octanol–water partition coefficient (Wildman–Crippen LogP) is 0.464. The monoisotopic (exact) mass is 316 g/mol. The molecule has 3 N–H and O–H groups in total. The number of ether oxygens (including phenoxy) is 2. The highest BCUT2D eigenvalue weighted by Crippen LogP contribution is 2.39. The molecule has 2 heterocycles. The van der Waals surface area contributed by atoms with Crippen LogP contribution in [0.25, 0.3) is 0 Å². The number of nitrogens with two attached hydrogens (primary N) is 1. The summed E-state index contributed by atoms with van der Waals surface area (Å²) in [6, 6.07) is 4.72. The first-order valence-corrected chi connectivity index (χ1v) is 6.84. The van der Waals surface area contributed by atoms with Gasteiger partial charge in [-0.2, -0.15) is 4.68 Å². The summed E-state index contributed by atoms with van der Waals surface area (Å²) in [5, 5.41) is 14.5. The number of nitrogens with zero attached hydrogens (tertiary/aromatic N) is 4. The van der Waals surface area contributed by atoms with Crippen LogP contribution < -0.4 is 20.5 Å². The van der Waals surface area contributed by atoms with Crippen LogP contribution >= 0.6 is 0 Å². The number of carbonyl (C=O) groups is 1. The number of fused-ring (bicyclic) bond motifs is 1. The Balaban J connectivity index is 2.22. The number of rotatable bonds is 4. The standard InChI is InChI=1S/C14H16N6O3/c1-7-11(13(15)21)12(20-14(16-7)17-18-19-20)9-5-4-8(22-2)6-10(9)23-3/h4-6,12H,1-3H3,(H2,15,21)(H,16,17,19). The number of hydrogen-bond acceptors (Lipinski definition) is 7. The van der Waals surface area contributed by atoms with Gasteiger partial charge in [0, 0.05) is 17.3 Å². The van der Waals surface area contributed by atoms with Crippen LogP contribution in [-0.2, 0) is 4.79 Å². The number of primary amides is 1. The van der Waals surface area contributed by atoms with E-state index in [0.29, 0.717) is 34.3 Å². The van der Waals surface area contributed by atoms with Gasteiger partial charge in [0.15, 0.2) is 0 Å². The van der Waals surface area contributed by atoms with Crippen LogP contribution in [0.1, 0.15) is 18.5 Å². The smallest absolute Gasteiger partial charge is 0.248 e. The number of tetrazole rings is 1. The summed E-state index contributed by atoms with van der Waals surface area (Å²) >= 11 is 0. The molecule has 0 spiro atoms. The molecule has 2 aromatic rings. The van der Waals surface area contributed by atoms with Gasteiger partial charge in [-0.1, -0.05) is 5.10 Å². The normalized spacial score (nSPS) is 16.6. The topological polar surface area (TPSA) is 117 Å². The minimum atomic E-state index is -0.584. The van der Waals surface area contributed by atoms with Gasteiger partial charge in [0.05, 0.1) is 19.8 Å². The first kappa shape index (κ1) is 14.8. The Morgan fingerprint density at radius 3 is 2.78 bits per heavy atom. The highest BCUT2D eigenvalue weighted by Gasteiger charge is 2.34. The highest BCUT2D eigenvalue weighted by atomic mass is 16.5. The van der Waals surface area contributed by atoms with Gasteiger partial charge in [0.1, 0.15) is 17.5 Å². The fourth-order valence-corrected chi connectivity index (χ4v) is 2.66. The molecule has 0 radical (unpaired) electrons. The van der Waals surface area contributed by atoms with Crippen LogP contribution in [0.15, 0.2) is 29.5 Å². The first-order chi connectivity index (χ1) is 11.1. The summed E-state index contributed by atoms with van der Waals surface area (Å²) in [6.07, 6.45) is 0. The van der Waals surface area contributed by atoms with E-state index in [2.05, 4.69) is 20.8 Å². The predicted molar refractivity (Wildman–Crippen MR) is 81.0 cm³/mol. The molecule has 1 unspecified atom stereocenters. The minimum absolute atomic E-state index is 0.369. The molecular weight excluding hydrogens is 300 g/mol. The summed E-state index contributed by atoms with van der Waals surface area (Å²) in [7, 11) is 3.11. The second kappa shape index (κ2) is 5.59. The van der Waals surface area contributed by atoms with E-state index in [1.165, 1.54) is 4.68 Å². The third-order valence-corrected chi connectivity index (χ3v) is 3.71. The molecule has 120 valence electrons. The zero-order valence-corrected chi connectivity index (χ0v) is 12.9. The number of nitrogens with one attached hydrogen (secondary N) is 1. The molecule has 1 aromatic carbocycles. The molecule has 1 amide bonds. The summed E-state index contributed by atoms with van der Waals surface area (Å²) in [5.41, 5.74) is 7.25. The maximum Gasteiger partial charge on any atom is 0.248 e. The lowest BCUT2D eigenvalue weighted by atomic mass is 9.94. The zero-order valence-electron chi connectivity index (χ0n) is 12.9. The molecule has 1 atom stereocenters. The Hall–Kier alpha value is -3.10. The number of aromatic nitrogens is 4. The average molecular weight is 316 g/mol. The molecule has 1 aromatic heterocycles. The van der Waals surface area contributed by atoms with E-state index in [1.807, 2.05) is 0 Å². The SMILES string of the molecule is COc1ccc(C2C(C(N)=O)=C(C)Nc3nnnn32)c(OC)c1. The number of carbonyl (C=O) groups excluding carboxylic acids is 1. The van der Waals surface area contributed by atoms with E-state index in [1.54, 1.807) is 39.3 Å². The van der Waals surface area contributed by atoms with Crippen LogP contribution in [0.2, 0.25) is 0 Å². The minimum Gasteiger partial charge on any atom is -0.497 e. The third-order valence-electron chi connectivity index (χ3n) is 3.71. The average Bonchev–Trinajstić information content (AvgIpc) is 3.00. The van der Waals surface area contributed by atoms with Crippen molar-refractivity contribution in [2.24, 2.45) is 5.73 Å². The van der Waals surface area contributed by atoms with Gasteiger partial charge in [0.25, 0.3) is 0 Å². The summed E-state index contributed by atoms with van der Waals surface area (Å²) in [4.78, 5) is 12.0. The molecule has 3 rings (SSSR count). The summed E-state index contributed by atoms with van der Waals surface area (Å²) in [5.74, 6) is 1.05. The summed E-state index contributed by atoms with van der Waals surface area (Å²) < 4.78 is 12.1. The van der Waals surface area contributed by atoms with Gasteiger partial charge in [-0.05, 0) is 29.5 Å². The Bertz CT molecular complexity index is 798. The highest BCUT2D eigenvalue weighted by molar-refractivity contribution is 5.95. The maximum absolute atomic E-state index is 12.0. The first-order valence-electron chi connectivity index (χ1n) is 6.84. The molecule has 9 nitrogen and oxygen atoms in total. The van der Waals surface area contributed by atoms with E-state index in [9.17, 15) is 4.79 Å². The van der Waals surface area contributed by atoms with Crippen LogP contribution in [0.4, 0.5) is 5.95 Å². The van der Waals surface area contributed by atoms with Crippen molar-refractivity contribution >= 4 is 11.9 Å². The number of benzene rings is 1. The van der Waals surface area contributed by atoms with Gasteiger partial charge in [-0.3, -0.25) is 4.79 Å². The number of anilines is 1. The fourth-order valence-electron chi connectivity index (χ4n) is 2.66. The largest absolute Gasteiger partial charge is 0.497 e. The number of methoxy groups -OCH3 is 2. The van der Waals surface area contributed by atoms with Crippen molar-refractivity contribution in [1.82, 2.24) is 20.2 Å². The fraction of sp³-hybridized carbons (Fsp3) is 0.286. The van der Waals surface area contributed by atoms with E-state index >= 15 is 0 Å². The second-order valence-corrected chi connectivity index (χ2v) is 4.99. The lowest BCUT2D eigenvalue weighted by molar-refractivity contribution is -0.115. The van der Waals surface area contributed by atoms with Crippen molar-refractivity contribution in [2.45, 2.75) is 13.0 Å². The lowest BCUT2D eigenvalue weighted by Gasteiger charge is -2.28. The van der Waals surface area contributed by atoms with Crippen LogP contribution in [-0.4, -0.2) is 40.3 Å². The van der Waals surface area contributed by atoms with Crippen molar-refractivity contribution in [3.63, 3.8) is 0 Å². The molecule has 23 heavy (non-hydrogen) atoms. The molecule has 0 fully saturated rings. The number of hydrogen-bond donors (Lipinski definition) is 2. The van der Waals surface area contributed by atoms with Crippen molar-refractivity contribution in [2.75, 3.05) is 19.5 Å². The number of amides is 1. The molecule has 1 aliphatic rings. The Morgan fingerprint density at radius 2 is 2.13 bits per heavy atom. The second-order valence-electron chi connectivity index (χ2n) is 4.99. The van der Waals surface area contributed by atoms with Gasteiger partial charge in [0.2, 0.25) is 11.9 Å².